The Labute approximate surface area is 809 Å². The van der Waals surface area contributed by atoms with Gasteiger partial charge in [0.15, 0.2) is 0 Å². The third kappa shape index (κ3) is 58.0. The Hall–Kier alpha value is -0.450. The predicted octanol–water partition coefficient (Wildman–Crippen LogP) is 42.1. The minimum absolute atomic E-state index is 0.162. The average molecular weight is 1880 g/mol. The van der Waals surface area contributed by atoms with Crippen molar-refractivity contribution >= 4 is 129 Å². The van der Waals surface area contributed by atoms with Crippen molar-refractivity contribution in [3.63, 3.8) is 0 Å². The molecular formula is C110H195N4OS9. The van der Waals surface area contributed by atoms with Gasteiger partial charge in [0, 0.05) is 49.6 Å². The van der Waals surface area contributed by atoms with Crippen LogP contribution in [0.1, 0.15) is 530 Å². The van der Waals surface area contributed by atoms with Crippen LogP contribution in [0.3, 0.4) is 0 Å². The zero-order valence-corrected chi connectivity index (χ0v) is 90.0. The van der Waals surface area contributed by atoms with Crippen molar-refractivity contribution < 1.29 is 4.79 Å². The lowest BCUT2D eigenvalue weighted by Gasteiger charge is -2.33. The number of thioether (sulfide) groups is 9. The molecule has 0 aliphatic carbocycles. The molecule has 715 valence electrons. The molecule has 0 saturated heterocycles. The topological polar surface area (TPSA) is 50.0 Å². The highest BCUT2D eigenvalue weighted by atomic mass is 32.2. The van der Waals surface area contributed by atoms with Gasteiger partial charge in [0.2, 0.25) is 5.84 Å². The Morgan fingerprint density at radius 1 is 0.194 bits per heavy atom. The molecule has 4 rings (SSSR count). The van der Waals surface area contributed by atoms with Crippen LogP contribution in [0, 0.1) is 0 Å². The SMILES string of the molecule is CCCCCCCCCCSc1cc(C2=NN(c3cc(SCCCCCCCCCC)c(SCCCCCCCCCC)c(SCCCCCCCCCC)c3)C(=O)N(c3cc(SCCCCCCCCCC)c(SCCCCCCCCCC)c(SCCCCCCCCCC)c3)[N]2)cc(SCCCCCCCCCC)c1SCCCCCCCCCC. The lowest BCUT2D eigenvalue weighted by molar-refractivity contribution is 0.249. The van der Waals surface area contributed by atoms with Crippen molar-refractivity contribution in [2.75, 3.05) is 61.8 Å². The number of unbranched alkanes of at least 4 members (excludes halogenated alkanes) is 63. The second kappa shape index (κ2) is 85.5. The molecule has 0 spiro atoms. The van der Waals surface area contributed by atoms with Crippen molar-refractivity contribution in [1.29, 1.82) is 0 Å². The van der Waals surface area contributed by atoms with Crippen molar-refractivity contribution in [2.45, 2.75) is 569 Å². The zero-order chi connectivity index (χ0) is 88.5. The van der Waals surface area contributed by atoms with Gasteiger partial charge in [0.05, 0.1) is 11.4 Å². The number of rotatable bonds is 93. The van der Waals surface area contributed by atoms with Crippen LogP contribution in [0.4, 0.5) is 16.2 Å². The number of hydrogen-bond donors (Lipinski definition) is 0. The molecule has 124 heavy (non-hydrogen) atoms. The fraction of sp³-hybridized carbons (Fsp3) is 0.818. The Bertz CT molecular complexity index is 2830. The monoisotopic (exact) mass is 1880 g/mol. The lowest BCUT2D eigenvalue weighted by atomic mass is 10.1. The van der Waals surface area contributed by atoms with Crippen LogP contribution in [-0.4, -0.2) is 63.6 Å². The van der Waals surface area contributed by atoms with E-state index in [4.69, 9.17) is 10.5 Å². The number of anilines is 2. The normalized spacial score (nSPS) is 12.5. The first-order chi connectivity index (χ1) is 61.3. The zero-order valence-electron chi connectivity index (χ0n) is 82.6. The van der Waals surface area contributed by atoms with E-state index in [1.807, 2.05) is 10.0 Å². The second-order valence-electron chi connectivity index (χ2n) is 36.7. The number of amidine groups is 1. The largest absolute Gasteiger partial charge is 0.370 e. The molecule has 0 aromatic heterocycles. The fourth-order valence-corrected chi connectivity index (χ4v) is 28.0. The van der Waals surface area contributed by atoms with Crippen molar-refractivity contribution in [3.05, 3.63) is 42.0 Å². The van der Waals surface area contributed by atoms with Crippen LogP contribution in [0.25, 0.3) is 0 Å². The molecule has 2 amide bonds. The summed E-state index contributed by atoms with van der Waals surface area (Å²) in [7, 11) is 0. The number of hydrazone groups is 1. The quantitative estimate of drug-likeness (QED) is 0.0403. The number of carbonyl (C=O) groups is 1. The third-order valence-electron chi connectivity index (χ3n) is 24.8. The maximum absolute atomic E-state index is 17.0. The van der Waals surface area contributed by atoms with Gasteiger partial charge in [-0.2, -0.15) is 10.0 Å². The van der Waals surface area contributed by atoms with Gasteiger partial charge in [-0.15, -0.1) is 116 Å². The maximum Gasteiger partial charge on any atom is 0.370 e. The number of urea groups is 1. The van der Waals surface area contributed by atoms with Crippen LogP contribution >= 0.6 is 106 Å². The third-order valence-corrected chi connectivity index (χ3v) is 36.0. The summed E-state index contributed by atoms with van der Waals surface area (Å²) in [5.74, 6) is 10.6. The Kier molecular flexibility index (Phi) is 79.9. The number of amides is 2. The van der Waals surface area contributed by atoms with E-state index in [2.05, 4.69) is 205 Å². The molecule has 1 aliphatic heterocycles. The molecule has 0 N–H and O–H groups in total. The molecule has 1 aliphatic rings. The molecule has 14 heteroatoms. The van der Waals surface area contributed by atoms with Gasteiger partial charge in [-0.1, -0.05) is 467 Å². The summed E-state index contributed by atoms with van der Waals surface area (Å²) in [6.45, 7) is 21.0. The molecule has 0 saturated carbocycles. The lowest BCUT2D eigenvalue weighted by Crippen LogP contribution is -2.52. The molecule has 1 radical (unpaired) electrons. The predicted molar refractivity (Wildman–Crippen MR) is 578 cm³/mol. The van der Waals surface area contributed by atoms with Crippen molar-refractivity contribution in [1.82, 2.24) is 5.43 Å². The number of carbonyl (C=O) groups excluding carboxylic acids is 1. The van der Waals surface area contributed by atoms with Gasteiger partial charge >= 0.3 is 6.03 Å². The van der Waals surface area contributed by atoms with Crippen LogP contribution < -0.4 is 15.4 Å². The van der Waals surface area contributed by atoms with Gasteiger partial charge in [-0.25, -0.2) is 4.79 Å². The minimum atomic E-state index is -0.162. The molecule has 1 heterocycles. The van der Waals surface area contributed by atoms with E-state index in [9.17, 15) is 0 Å². The highest BCUT2D eigenvalue weighted by Gasteiger charge is 2.36. The van der Waals surface area contributed by atoms with E-state index < -0.39 is 0 Å². The number of hydrogen-bond acceptors (Lipinski definition) is 11. The fourth-order valence-electron chi connectivity index (χ4n) is 16.7. The number of nitrogens with zero attached hydrogens (tertiary/aromatic N) is 4. The van der Waals surface area contributed by atoms with Gasteiger partial charge in [-0.05, 0) is 146 Å². The summed E-state index contributed by atoms with van der Waals surface area (Å²) in [6.07, 6.45) is 95.3. The molecule has 5 nitrogen and oxygen atoms in total. The Morgan fingerprint density at radius 2 is 0.347 bits per heavy atom. The van der Waals surface area contributed by atoms with E-state index in [0.29, 0.717) is 5.84 Å². The minimum Gasteiger partial charge on any atom is -0.244 e. The molecular weight excluding hydrogens is 1680 g/mol. The van der Waals surface area contributed by atoms with E-state index in [0.717, 1.165) is 68.7 Å². The number of benzene rings is 3. The van der Waals surface area contributed by atoms with E-state index >= 15 is 4.79 Å². The van der Waals surface area contributed by atoms with E-state index in [1.165, 1.54) is 506 Å². The van der Waals surface area contributed by atoms with Gasteiger partial charge in [-0.3, -0.25) is 0 Å². The first-order valence-electron chi connectivity index (χ1n) is 54.0. The molecule has 0 fully saturated rings. The Morgan fingerprint density at radius 3 is 0.532 bits per heavy atom. The van der Waals surface area contributed by atoms with Crippen LogP contribution in [0.5, 0.6) is 0 Å². The molecule has 3 aromatic carbocycles. The maximum atomic E-state index is 17.0. The molecule has 0 atom stereocenters. The highest BCUT2D eigenvalue weighted by Crippen LogP contribution is 2.48. The van der Waals surface area contributed by atoms with Gasteiger partial charge in [0.1, 0.15) is 0 Å². The molecule has 3 aromatic rings. The smallest absolute Gasteiger partial charge is 0.244 e. The standard InChI is InChI=1S/C110H195N4OS9/c1-10-19-28-37-46-55-64-73-82-116-100-91-97(92-101(117-83-74-65-56-47-38-29-20-11-2)106(100)122-88-79-70-61-52-43-34-25-16-7)109-111-113(98-93-102(118-84-75-66-57-48-39-30-21-12-3)107(123-89-80-71-62-53-44-35-26-17-8)103(94-98)119-85-76-67-58-49-40-31-22-13-4)110(115)114(112-109)99-95-104(120-86-77-68-59-50-41-32-23-14-5)108(124-90-81-72-63-54-45-36-27-18-9)105(96-99)121-87-78-69-60-51-42-33-24-15-6/h91-96H,10-90H2,1-9H3. The summed E-state index contributed by atoms with van der Waals surface area (Å²) in [5.41, 5.74) is 8.67. The summed E-state index contributed by atoms with van der Waals surface area (Å²) in [6, 6.07) is 14.6. The molecule has 0 unspecified atom stereocenters. The summed E-state index contributed by atoms with van der Waals surface area (Å²) < 4.78 is 0. The highest BCUT2D eigenvalue weighted by molar-refractivity contribution is 8.05. The summed E-state index contributed by atoms with van der Waals surface area (Å²) in [4.78, 5) is 29.5. The van der Waals surface area contributed by atoms with E-state index in [1.54, 1.807) is 0 Å². The molecule has 0 bridgehead atoms. The summed E-state index contributed by atoms with van der Waals surface area (Å²) >= 11 is 18.9. The Balaban J connectivity index is 2.11. The van der Waals surface area contributed by atoms with Gasteiger partial charge in [0.25, 0.3) is 0 Å². The van der Waals surface area contributed by atoms with Gasteiger partial charge < -0.3 is 0 Å². The second-order valence-corrected chi connectivity index (χ2v) is 46.8. The van der Waals surface area contributed by atoms with E-state index in [-0.39, 0.29) is 6.03 Å². The first kappa shape index (κ1) is 116. The van der Waals surface area contributed by atoms with Crippen LogP contribution in [-0.2, 0) is 0 Å². The van der Waals surface area contributed by atoms with Crippen LogP contribution in [0.2, 0.25) is 0 Å². The first-order valence-corrected chi connectivity index (χ1v) is 62.8. The van der Waals surface area contributed by atoms with Crippen molar-refractivity contribution in [3.8, 4) is 0 Å². The average Bonchev–Trinajstić information content (AvgIpc) is 0.758. The summed E-state index contributed by atoms with van der Waals surface area (Å²) in [5, 5.41) is 9.60. The van der Waals surface area contributed by atoms with Crippen molar-refractivity contribution in [2.24, 2.45) is 5.10 Å². The van der Waals surface area contributed by atoms with Crippen LogP contribution in [0.15, 0.2) is 85.6 Å².